The van der Waals surface area contributed by atoms with Gasteiger partial charge in [-0.25, -0.2) is 0 Å². The second kappa shape index (κ2) is 16.0. The lowest BCUT2D eigenvalue weighted by molar-refractivity contribution is -0.145. The van der Waals surface area contributed by atoms with Crippen LogP contribution in [-0.4, -0.2) is 87.5 Å². The van der Waals surface area contributed by atoms with Crippen molar-refractivity contribution in [2.24, 2.45) is 11.8 Å². The number of hydrogen-bond acceptors (Lipinski definition) is 6. The molecule has 3 heterocycles. The number of carbonyl (C=O) groups is 3. The number of aliphatic hydroxyl groups excluding tert-OH is 1. The molecule has 2 unspecified atom stereocenters. The molecule has 8 nitrogen and oxygen atoms in total. The monoisotopic (exact) mass is 686 g/mol. The predicted octanol–water partition coefficient (Wildman–Crippen LogP) is 6.30. The van der Waals surface area contributed by atoms with E-state index in [1.54, 1.807) is 28.8 Å². The van der Waals surface area contributed by atoms with Gasteiger partial charge in [-0.15, -0.1) is 24.9 Å². The van der Waals surface area contributed by atoms with Gasteiger partial charge in [-0.2, -0.15) is 0 Å². The summed E-state index contributed by atoms with van der Waals surface area (Å²) in [6, 6.07) is 17.3. The molecule has 3 aliphatic rings. The Hall–Kier alpha value is -3.56. The summed E-state index contributed by atoms with van der Waals surface area (Å²) in [6.07, 6.45) is 8.11. The molecule has 3 saturated heterocycles. The van der Waals surface area contributed by atoms with Gasteiger partial charge in [-0.3, -0.25) is 14.4 Å². The van der Waals surface area contributed by atoms with Crippen molar-refractivity contribution in [1.82, 2.24) is 9.80 Å². The molecule has 3 amide bonds. The van der Waals surface area contributed by atoms with Crippen LogP contribution in [0, 0.1) is 11.8 Å². The first-order valence-corrected chi connectivity index (χ1v) is 18.8. The van der Waals surface area contributed by atoms with Crippen LogP contribution < -0.4 is 9.80 Å². The number of amides is 3. The zero-order chi connectivity index (χ0) is 35.2. The van der Waals surface area contributed by atoms with Crippen molar-refractivity contribution in [2.75, 3.05) is 49.1 Å². The molecule has 1 spiro atoms. The molecule has 264 valence electrons. The largest absolute Gasteiger partial charge is 0.396 e. The standard InChI is InChI=1S/C40H54N4O4S/c1-6-25-42(29-30-17-13-12-14-18-30)36(46)33-34-37(47)44(27-15-10-11-16-28-45)35(40(34)24-23-39(33,5)49-40)38(48)43(26-7-2)32-21-19-31(20-22-32)41(8-3)9-4/h6-7,12-14,17-22,33-35,45H,1-2,8-11,15-16,23-29H2,3-5H3/t33-,34-,35?,39+,40?/m0/s1. The van der Waals surface area contributed by atoms with Crippen LogP contribution in [0.4, 0.5) is 11.4 Å². The third-order valence-corrected chi connectivity index (χ3v) is 12.8. The summed E-state index contributed by atoms with van der Waals surface area (Å²) in [6.45, 7) is 17.8. The molecule has 1 N–H and O–H groups in total. The minimum absolute atomic E-state index is 0.0374. The zero-order valence-electron chi connectivity index (χ0n) is 29.6. The number of thioether (sulfide) groups is 1. The van der Waals surface area contributed by atoms with Gasteiger partial charge in [0.1, 0.15) is 6.04 Å². The molecule has 2 bridgehead atoms. The van der Waals surface area contributed by atoms with Gasteiger partial charge in [0.2, 0.25) is 11.8 Å². The first kappa shape index (κ1) is 36.7. The number of unbranched alkanes of at least 4 members (excludes halogenated alkanes) is 3. The second-order valence-electron chi connectivity index (χ2n) is 13.8. The van der Waals surface area contributed by atoms with Gasteiger partial charge in [0.25, 0.3) is 5.91 Å². The van der Waals surface area contributed by atoms with Gasteiger partial charge in [0, 0.05) is 62.0 Å². The minimum Gasteiger partial charge on any atom is -0.396 e. The summed E-state index contributed by atoms with van der Waals surface area (Å²) < 4.78 is -1.17. The summed E-state index contributed by atoms with van der Waals surface area (Å²) in [5.74, 6) is -1.36. The maximum atomic E-state index is 15.1. The van der Waals surface area contributed by atoms with Crippen molar-refractivity contribution in [3.8, 4) is 0 Å². The molecule has 0 saturated carbocycles. The summed E-state index contributed by atoms with van der Waals surface area (Å²) in [4.78, 5) is 52.2. The van der Waals surface area contributed by atoms with Crippen LogP contribution in [-0.2, 0) is 20.9 Å². The topological polar surface area (TPSA) is 84.4 Å². The lowest BCUT2D eigenvalue weighted by atomic mass is 9.66. The fourth-order valence-electron chi connectivity index (χ4n) is 8.49. The Kier molecular flexibility index (Phi) is 12.0. The first-order valence-electron chi connectivity index (χ1n) is 18.0. The summed E-state index contributed by atoms with van der Waals surface area (Å²) in [5.41, 5.74) is 2.89. The van der Waals surface area contributed by atoms with Gasteiger partial charge in [-0.05, 0) is 76.3 Å². The Morgan fingerprint density at radius 1 is 0.918 bits per heavy atom. The normalized spacial score (nSPS) is 25.3. The molecule has 9 heteroatoms. The molecule has 5 rings (SSSR count). The smallest absolute Gasteiger partial charge is 0.251 e. The van der Waals surface area contributed by atoms with E-state index in [0.29, 0.717) is 39.0 Å². The quantitative estimate of drug-likeness (QED) is 0.146. The Balaban J connectivity index is 1.52. The molecule has 3 aliphatic heterocycles. The number of fused-ring (bicyclic) bond motifs is 1. The van der Waals surface area contributed by atoms with Gasteiger partial charge in [0.05, 0.1) is 16.6 Å². The fraction of sp³-hybridized carbons (Fsp3) is 0.525. The van der Waals surface area contributed by atoms with Crippen LogP contribution in [0.1, 0.15) is 64.9 Å². The Labute approximate surface area is 297 Å². The highest BCUT2D eigenvalue weighted by molar-refractivity contribution is 8.02. The number of anilines is 2. The van der Waals surface area contributed by atoms with Gasteiger partial charge >= 0.3 is 0 Å². The van der Waals surface area contributed by atoms with Crippen LogP contribution in [0.25, 0.3) is 0 Å². The van der Waals surface area contributed by atoms with E-state index >= 15 is 4.79 Å². The maximum Gasteiger partial charge on any atom is 0.251 e. The predicted molar refractivity (Wildman–Crippen MR) is 201 cm³/mol. The molecule has 2 aromatic carbocycles. The average molecular weight is 687 g/mol. The number of benzene rings is 2. The van der Waals surface area contributed by atoms with Crippen molar-refractivity contribution >= 4 is 40.9 Å². The van der Waals surface area contributed by atoms with Crippen molar-refractivity contribution in [3.05, 3.63) is 85.5 Å². The Bertz CT molecular complexity index is 1480. The van der Waals surface area contributed by atoms with Crippen LogP contribution >= 0.6 is 11.8 Å². The number of hydrogen-bond donors (Lipinski definition) is 1. The fourth-order valence-corrected chi connectivity index (χ4v) is 10.8. The molecule has 0 radical (unpaired) electrons. The van der Waals surface area contributed by atoms with Crippen LogP contribution in [0.2, 0.25) is 0 Å². The van der Waals surface area contributed by atoms with E-state index < -0.39 is 27.4 Å². The zero-order valence-corrected chi connectivity index (χ0v) is 30.4. The molecular weight excluding hydrogens is 633 g/mol. The molecular formula is C40H54N4O4S. The van der Waals surface area contributed by atoms with E-state index in [1.165, 1.54) is 0 Å². The second-order valence-corrected chi connectivity index (χ2v) is 15.7. The number of nitrogens with zero attached hydrogens (tertiary/aromatic N) is 4. The van der Waals surface area contributed by atoms with Gasteiger partial charge in [-0.1, -0.05) is 55.3 Å². The molecule has 5 atom stereocenters. The van der Waals surface area contributed by atoms with Crippen molar-refractivity contribution in [1.29, 1.82) is 0 Å². The highest BCUT2D eigenvalue weighted by atomic mass is 32.2. The molecule has 2 aromatic rings. The van der Waals surface area contributed by atoms with Crippen molar-refractivity contribution < 1.29 is 19.5 Å². The molecule has 3 fully saturated rings. The lowest BCUT2D eigenvalue weighted by Crippen LogP contribution is -2.55. The van der Waals surface area contributed by atoms with Crippen LogP contribution in [0.3, 0.4) is 0 Å². The van der Waals surface area contributed by atoms with Crippen LogP contribution in [0.5, 0.6) is 0 Å². The number of aliphatic hydroxyl groups is 1. The third kappa shape index (κ3) is 7.07. The third-order valence-electron chi connectivity index (χ3n) is 10.8. The Morgan fingerprint density at radius 3 is 2.20 bits per heavy atom. The SMILES string of the molecule is C=CCN(Cc1ccccc1)C(=O)[C@@H]1[C@H]2C(=O)N(CCCCCCO)C(C(=O)N(CC=C)c3ccc(N(CC)CC)cc3)C23CC[C@@]1(C)S3. The van der Waals surface area contributed by atoms with E-state index in [4.69, 9.17) is 0 Å². The summed E-state index contributed by atoms with van der Waals surface area (Å²) in [5, 5.41) is 9.32. The Morgan fingerprint density at radius 2 is 1.57 bits per heavy atom. The van der Waals surface area contributed by atoms with Gasteiger partial charge in [0.15, 0.2) is 0 Å². The van der Waals surface area contributed by atoms with E-state index in [0.717, 1.165) is 55.7 Å². The van der Waals surface area contributed by atoms with Crippen molar-refractivity contribution in [2.45, 2.75) is 81.4 Å². The molecule has 0 aliphatic carbocycles. The number of carbonyl (C=O) groups excluding carboxylic acids is 3. The summed E-state index contributed by atoms with van der Waals surface area (Å²) >= 11 is 1.72. The molecule has 0 aromatic heterocycles. The number of rotatable bonds is 18. The minimum atomic E-state index is -0.707. The molecule has 49 heavy (non-hydrogen) atoms. The first-order chi connectivity index (χ1) is 23.7. The maximum absolute atomic E-state index is 15.1. The highest BCUT2D eigenvalue weighted by Crippen LogP contribution is 2.71. The van der Waals surface area contributed by atoms with E-state index in [9.17, 15) is 14.7 Å². The lowest BCUT2D eigenvalue weighted by Gasteiger charge is -2.38. The van der Waals surface area contributed by atoms with Crippen molar-refractivity contribution in [3.63, 3.8) is 0 Å². The van der Waals surface area contributed by atoms with Gasteiger partial charge < -0.3 is 24.7 Å². The summed E-state index contributed by atoms with van der Waals surface area (Å²) in [7, 11) is 0. The highest BCUT2D eigenvalue weighted by Gasteiger charge is 2.77. The van der Waals surface area contributed by atoms with E-state index in [-0.39, 0.29) is 24.3 Å². The van der Waals surface area contributed by atoms with E-state index in [2.05, 4.69) is 51.0 Å². The number of likely N-dealkylation sites (tertiary alicyclic amines) is 1. The average Bonchev–Trinajstić information content (AvgIpc) is 3.68. The van der Waals surface area contributed by atoms with Crippen LogP contribution in [0.15, 0.2) is 79.9 Å². The van der Waals surface area contributed by atoms with E-state index in [1.807, 2.05) is 52.3 Å².